The van der Waals surface area contributed by atoms with Crippen LogP contribution in [0.25, 0.3) is 0 Å². The largest absolute Gasteiger partial charge is 0.344 e. The molecule has 0 heterocycles. The van der Waals surface area contributed by atoms with Crippen molar-refractivity contribution in [3.63, 3.8) is 0 Å². The summed E-state index contributed by atoms with van der Waals surface area (Å²) < 4.78 is 11.6. The van der Waals surface area contributed by atoms with Crippen molar-refractivity contribution in [2.75, 3.05) is 12.3 Å². The van der Waals surface area contributed by atoms with Crippen molar-refractivity contribution in [2.24, 2.45) is 0 Å². The lowest BCUT2D eigenvalue weighted by atomic mass is 10.1. The molecule has 0 aliphatic carbocycles. The maximum Gasteiger partial charge on any atom is 0.222 e. The molecule has 0 radical (unpaired) electrons. The Hall–Kier alpha value is 0.150. The molecule has 0 aliphatic rings. The highest BCUT2D eigenvalue weighted by molar-refractivity contribution is 7.58. The van der Waals surface area contributed by atoms with Gasteiger partial charge in [-0.05, 0) is 18.0 Å². The smallest absolute Gasteiger partial charge is 0.222 e. The van der Waals surface area contributed by atoms with Gasteiger partial charge in [0.05, 0.1) is 0 Å². The van der Waals surface area contributed by atoms with Crippen LogP contribution in [-0.4, -0.2) is 22.5 Å². The molecule has 1 N–H and O–H groups in total. The molecule has 3 nitrogen and oxygen atoms in total. The van der Waals surface area contributed by atoms with Gasteiger partial charge in [0.25, 0.3) is 0 Å². The average molecular weight is 269 g/mol. The maximum absolute atomic E-state index is 11.6. The van der Waals surface area contributed by atoms with Crippen LogP contribution in [-0.2, 0) is 9.36 Å². The molecule has 16 heavy (non-hydrogen) atoms. The summed E-state index contributed by atoms with van der Waals surface area (Å²) in [5.41, 5.74) is 0. The van der Waals surface area contributed by atoms with Gasteiger partial charge in [0, 0.05) is 18.7 Å². The normalized spacial score (nSPS) is 14.7. The second-order valence-electron chi connectivity index (χ2n) is 4.17. The number of unbranched alkanes of at least 4 members (excludes halogenated alkanes) is 5. The van der Waals surface area contributed by atoms with E-state index in [9.17, 15) is 14.3 Å². The van der Waals surface area contributed by atoms with E-state index in [-0.39, 0.29) is 12.6 Å². The van der Waals surface area contributed by atoms with E-state index in [2.05, 4.69) is 6.92 Å². The summed E-state index contributed by atoms with van der Waals surface area (Å²) >= 11 is 5.13. The number of carbonyl (C=O) groups excluding carboxylic acids is 1. The van der Waals surface area contributed by atoms with Crippen molar-refractivity contribution in [3.8, 4) is 0 Å². The van der Waals surface area contributed by atoms with Crippen molar-refractivity contribution in [3.05, 3.63) is 0 Å². The van der Waals surface area contributed by atoms with E-state index in [1.54, 1.807) is 0 Å². The minimum absolute atomic E-state index is 0.00513. The highest BCUT2D eigenvalue weighted by Gasteiger charge is 2.18. The van der Waals surface area contributed by atoms with Crippen molar-refractivity contribution in [1.82, 2.24) is 0 Å². The van der Waals surface area contributed by atoms with E-state index in [1.807, 2.05) is 0 Å². The summed E-state index contributed by atoms with van der Waals surface area (Å²) in [5, 5.41) is -0.530. The van der Waals surface area contributed by atoms with E-state index in [0.29, 0.717) is 6.16 Å². The molecular weight excluding hydrogens is 247 g/mol. The molecule has 0 amide bonds. The van der Waals surface area contributed by atoms with Gasteiger partial charge in [0.1, 0.15) is 0 Å². The van der Waals surface area contributed by atoms with Crippen molar-refractivity contribution >= 4 is 24.2 Å². The SMILES string of the molecule is CCCCCCCCP(=O)(O)CCC(=O)Cl. The van der Waals surface area contributed by atoms with Gasteiger partial charge in [0.2, 0.25) is 12.6 Å². The second-order valence-corrected chi connectivity index (χ2v) is 7.17. The molecule has 96 valence electrons. The Morgan fingerprint density at radius 1 is 1.12 bits per heavy atom. The Balaban J connectivity index is 3.50. The van der Waals surface area contributed by atoms with Crippen LogP contribution >= 0.6 is 19.0 Å². The standard InChI is InChI=1S/C11H22ClO3P/c1-2-3-4-5-6-7-9-16(14,15)10-8-11(12)13/h2-10H2,1H3,(H,14,15). The number of hydrogen-bond donors (Lipinski definition) is 1. The number of halogens is 1. The topological polar surface area (TPSA) is 54.4 Å². The summed E-state index contributed by atoms with van der Waals surface area (Å²) in [6.07, 6.45) is 6.90. The molecule has 0 aromatic heterocycles. The predicted octanol–water partition coefficient (Wildman–Crippen LogP) is 3.77. The summed E-state index contributed by atoms with van der Waals surface area (Å²) in [7, 11) is -3.11. The number of carbonyl (C=O) groups is 1. The van der Waals surface area contributed by atoms with Crippen LogP contribution in [0.15, 0.2) is 0 Å². The monoisotopic (exact) mass is 268 g/mol. The van der Waals surface area contributed by atoms with Crippen molar-refractivity contribution in [2.45, 2.75) is 51.9 Å². The van der Waals surface area contributed by atoms with E-state index in [0.717, 1.165) is 19.3 Å². The minimum Gasteiger partial charge on any atom is -0.344 e. The Kier molecular flexibility index (Phi) is 9.29. The Morgan fingerprint density at radius 2 is 1.69 bits per heavy atom. The van der Waals surface area contributed by atoms with Crippen LogP contribution in [0.4, 0.5) is 0 Å². The van der Waals surface area contributed by atoms with E-state index in [4.69, 9.17) is 11.6 Å². The van der Waals surface area contributed by atoms with Gasteiger partial charge in [-0.3, -0.25) is 9.36 Å². The summed E-state index contributed by atoms with van der Waals surface area (Å²) in [5.74, 6) is 0. The zero-order valence-corrected chi connectivity index (χ0v) is 11.6. The minimum atomic E-state index is -3.11. The molecule has 0 saturated carbocycles. The third kappa shape index (κ3) is 10.7. The lowest BCUT2D eigenvalue weighted by Crippen LogP contribution is -1.98. The molecule has 0 fully saturated rings. The highest BCUT2D eigenvalue weighted by Crippen LogP contribution is 2.42. The Morgan fingerprint density at radius 3 is 2.25 bits per heavy atom. The average Bonchev–Trinajstić information content (AvgIpc) is 2.21. The molecule has 5 heteroatoms. The zero-order chi connectivity index (χ0) is 12.4. The van der Waals surface area contributed by atoms with E-state index >= 15 is 0 Å². The summed E-state index contributed by atoms with van der Waals surface area (Å²) in [4.78, 5) is 20.0. The van der Waals surface area contributed by atoms with Crippen LogP contribution in [0.5, 0.6) is 0 Å². The summed E-state index contributed by atoms with van der Waals surface area (Å²) in [6, 6.07) is 0. The quantitative estimate of drug-likeness (QED) is 0.373. The lowest BCUT2D eigenvalue weighted by Gasteiger charge is -2.09. The molecule has 1 atom stereocenters. The fourth-order valence-corrected chi connectivity index (χ4v) is 3.23. The van der Waals surface area contributed by atoms with Gasteiger partial charge in [-0.2, -0.15) is 0 Å². The first kappa shape index (κ1) is 16.1. The Bertz CT molecular complexity index is 243. The molecule has 0 rings (SSSR count). The molecule has 0 aliphatic heterocycles. The van der Waals surface area contributed by atoms with Gasteiger partial charge in [-0.15, -0.1) is 0 Å². The second kappa shape index (κ2) is 9.21. The molecule has 1 unspecified atom stereocenters. The molecule has 0 bridgehead atoms. The van der Waals surface area contributed by atoms with Crippen molar-refractivity contribution in [1.29, 1.82) is 0 Å². The lowest BCUT2D eigenvalue weighted by molar-refractivity contribution is -0.111. The summed E-state index contributed by atoms with van der Waals surface area (Å²) in [6.45, 7) is 2.16. The molecule has 0 spiro atoms. The van der Waals surface area contributed by atoms with Crippen LogP contribution in [0.2, 0.25) is 0 Å². The van der Waals surface area contributed by atoms with Gasteiger partial charge < -0.3 is 4.89 Å². The third-order valence-electron chi connectivity index (χ3n) is 2.52. The third-order valence-corrected chi connectivity index (χ3v) is 4.65. The van der Waals surface area contributed by atoms with Gasteiger partial charge in [-0.1, -0.05) is 39.0 Å². The molecular formula is C11H22ClO3P. The van der Waals surface area contributed by atoms with Crippen LogP contribution in [0.1, 0.15) is 51.9 Å². The predicted molar refractivity (Wildman–Crippen MR) is 68.4 cm³/mol. The highest BCUT2D eigenvalue weighted by atomic mass is 35.5. The fourth-order valence-electron chi connectivity index (χ4n) is 1.51. The first-order valence-electron chi connectivity index (χ1n) is 5.97. The maximum atomic E-state index is 11.6. The fraction of sp³-hybridized carbons (Fsp3) is 0.909. The van der Waals surface area contributed by atoms with E-state index in [1.165, 1.54) is 19.3 Å². The number of rotatable bonds is 10. The van der Waals surface area contributed by atoms with Crippen LogP contribution in [0, 0.1) is 0 Å². The van der Waals surface area contributed by atoms with Crippen LogP contribution < -0.4 is 0 Å². The Labute approximate surface area is 103 Å². The van der Waals surface area contributed by atoms with Gasteiger partial charge in [-0.25, -0.2) is 0 Å². The molecule has 0 saturated heterocycles. The zero-order valence-electron chi connectivity index (χ0n) is 9.95. The van der Waals surface area contributed by atoms with Crippen molar-refractivity contribution < 1.29 is 14.3 Å². The van der Waals surface area contributed by atoms with E-state index < -0.39 is 12.6 Å². The molecule has 0 aromatic rings. The molecule has 0 aromatic carbocycles. The first-order chi connectivity index (χ1) is 7.48. The first-order valence-corrected chi connectivity index (χ1v) is 8.38. The number of hydrogen-bond acceptors (Lipinski definition) is 2. The van der Waals surface area contributed by atoms with Gasteiger partial charge in [0.15, 0.2) is 0 Å². The van der Waals surface area contributed by atoms with Crippen LogP contribution in [0.3, 0.4) is 0 Å². The van der Waals surface area contributed by atoms with Gasteiger partial charge >= 0.3 is 0 Å².